The zero-order valence-corrected chi connectivity index (χ0v) is 20.6. The van der Waals surface area contributed by atoms with E-state index in [1.165, 1.54) is 0 Å². The van der Waals surface area contributed by atoms with Gasteiger partial charge >= 0.3 is 0 Å². The molecule has 188 valence electrons. The number of H-pyrrole nitrogens is 1. The van der Waals surface area contributed by atoms with Crippen LogP contribution in [0.4, 0.5) is 11.4 Å². The topological polar surface area (TPSA) is 88.7 Å². The number of pyridine rings is 2. The summed E-state index contributed by atoms with van der Waals surface area (Å²) >= 11 is 0. The molecule has 2 aromatic heterocycles. The second-order valence-corrected chi connectivity index (χ2v) is 9.16. The summed E-state index contributed by atoms with van der Waals surface area (Å²) in [5.74, 6) is 2.48. The zero-order valence-electron chi connectivity index (χ0n) is 20.6. The van der Waals surface area contributed by atoms with Crippen LogP contribution in [0, 0.1) is 0 Å². The fourth-order valence-electron chi connectivity index (χ4n) is 4.99. The van der Waals surface area contributed by atoms with E-state index in [9.17, 15) is 4.79 Å². The third kappa shape index (κ3) is 4.75. The Kier molecular flexibility index (Phi) is 6.24. The van der Waals surface area contributed by atoms with E-state index in [2.05, 4.69) is 44.5 Å². The largest absolute Gasteiger partial charge is 0.495 e. The van der Waals surface area contributed by atoms with Gasteiger partial charge in [-0.3, -0.25) is 9.78 Å². The number of fused-ring (bicyclic) bond motifs is 2. The number of anilines is 2. The first-order valence-electron chi connectivity index (χ1n) is 12.4. The molecule has 0 spiro atoms. The van der Waals surface area contributed by atoms with Crippen LogP contribution in [0.3, 0.4) is 0 Å². The first-order chi connectivity index (χ1) is 18.2. The molecule has 1 unspecified atom stereocenters. The predicted octanol–water partition coefficient (Wildman–Crippen LogP) is 4.67. The minimum absolute atomic E-state index is 0.106. The Morgan fingerprint density at radius 1 is 1.14 bits per heavy atom. The van der Waals surface area contributed by atoms with Crippen molar-refractivity contribution in [3.8, 4) is 17.2 Å². The van der Waals surface area contributed by atoms with Crippen LogP contribution >= 0.6 is 0 Å². The fourth-order valence-corrected chi connectivity index (χ4v) is 4.99. The minimum Gasteiger partial charge on any atom is -0.495 e. The number of ether oxygens (including phenoxy) is 3. The van der Waals surface area contributed by atoms with Gasteiger partial charge in [0.05, 0.1) is 20.3 Å². The summed E-state index contributed by atoms with van der Waals surface area (Å²) in [7, 11) is 1.65. The second kappa shape index (κ2) is 9.99. The Balaban J connectivity index is 1.20. The maximum Gasteiger partial charge on any atom is 0.249 e. The number of hydrogen-bond donors (Lipinski definition) is 2. The van der Waals surface area contributed by atoms with E-state index in [-0.39, 0.29) is 11.7 Å². The van der Waals surface area contributed by atoms with Gasteiger partial charge in [-0.25, -0.2) is 0 Å². The molecule has 0 aliphatic carbocycles. The molecule has 4 aromatic rings. The quantitative estimate of drug-likeness (QED) is 0.353. The molecule has 6 rings (SSSR count). The van der Waals surface area contributed by atoms with Gasteiger partial charge in [-0.1, -0.05) is 18.2 Å². The number of hydrogen-bond acceptors (Lipinski definition) is 7. The number of benzene rings is 2. The van der Waals surface area contributed by atoms with Crippen molar-refractivity contribution >= 4 is 11.4 Å². The highest BCUT2D eigenvalue weighted by molar-refractivity contribution is 5.59. The SMILES string of the molecule is COc1cccnc1CNc1ccc2c(c1)Cc1cccc(C3CN(c4cc[nH]c(=O)c4)CCO3)c1O2. The van der Waals surface area contributed by atoms with Crippen LogP contribution in [-0.4, -0.2) is 36.8 Å². The second-order valence-electron chi connectivity index (χ2n) is 9.16. The molecule has 1 fully saturated rings. The molecule has 1 atom stereocenters. The Labute approximate surface area is 214 Å². The van der Waals surface area contributed by atoms with E-state index in [1.807, 2.05) is 30.3 Å². The first-order valence-corrected chi connectivity index (χ1v) is 12.4. The summed E-state index contributed by atoms with van der Waals surface area (Å²) in [6.07, 6.45) is 4.07. The van der Waals surface area contributed by atoms with E-state index in [1.54, 1.807) is 25.6 Å². The molecule has 0 radical (unpaired) electrons. The van der Waals surface area contributed by atoms with Crippen molar-refractivity contribution in [2.45, 2.75) is 19.1 Å². The van der Waals surface area contributed by atoms with Crippen LogP contribution < -0.4 is 25.2 Å². The number of para-hydroxylation sites is 1. The maximum absolute atomic E-state index is 11.8. The maximum atomic E-state index is 11.8. The van der Waals surface area contributed by atoms with Gasteiger partial charge in [0.25, 0.3) is 0 Å². The van der Waals surface area contributed by atoms with E-state index in [0.29, 0.717) is 19.7 Å². The van der Waals surface area contributed by atoms with Gasteiger partial charge in [0.1, 0.15) is 29.0 Å². The highest BCUT2D eigenvalue weighted by Crippen LogP contribution is 2.43. The number of aromatic nitrogens is 2. The van der Waals surface area contributed by atoms with Crippen molar-refractivity contribution in [1.29, 1.82) is 0 Å². The van der Waals surface area contributed by atoms with Gasteiger partial charge < -0.3 is 29.4 Å². The number of rotatable bonds is 6. The lowest BCUT2D eigenvalue weighted by atomic mass is 9.95. The molecule has 0 amide bonds. The number of aromatic amines is 1. The van der Waals surface area contributed by atoms with Gasteiger partial charge in [-0.2, -0.15) is 0 Å². The normalized spacial score (nSPS) is 16.4. The standard InChI is InChI=1S/C29H28N4O4/c1-35-26-6-3-10-30-24(26)17-32-21-7-8-25-20(15-21)14-19-4-2-5-23(29(19)37-25)27-18-33(12-13-36-27)22-9-11-31-28(34)16-22/h2-11,15-16,27,32H,12-14,17-18H2,1H3,(H,31,34). The summed E-state index contributed by atoms with van der Waals surface area (Å²) in [4.78, 5) is 21.1. The van der Waals surface area contributed by atoms with Crippen molar-refractivity contribution in [1.82, 2.24) is 9.97 Å². The lowest BCUT2D eigenvalue weighted by Gasteiger charge is -2.36. The number of morpholine rings is 1. The average Bonchev–Trinajstić information content (AvgIpc) is 2.94. The van der Waals surface area contributed by atoms with Gasteiger partial charge in [0.2, 0.25) is 5.56 Å². The van der Waals surface area contributed by atoms with Gasteiger partial charge in [0.15, 0.2) is 0 Å². The Bertz CT molecular complexity index is 1480. The van der Waals surface area contributed by atoms with Crippen LogP contribution in [-0.2, 0) is 17.7 Å². The van der Waals surface area contributed by atoms with E-state index in [4.69, 9.17) is 14.2 Å². The molecule has 2 aliphatic heterocycles. The Morgan fingerprint density at radius 2 is 2.08 bits per heavy atom. The smallest absolute Gasteiger partial charge is 0.249 e. The summed E-state index contributed by atoms with van der Waals surface area (Å²) in [6.45, 7) is 2.52. The van der Waals surface area contributed by atoms with Crippen molar-refractivity contribution in [3.05, 3.63) is 106 Å². The fraction of sp³-hybridized carbons (Fsp3) is 0.241. The molecular formula is C29H28N4O4. The lowest BCUT2D eigenvalue weighted by Crippen LogP contribution is -2.39. The van der Waals surface area contributed by atoms with Crippen molar-refractivity contribution in [3.63, 3.8) is 0 Å². The van der Waals surface area contributed by atoms with Crippen LogP contribution in [0.2, 0.25) is 0 Å². The average molecular weight is 497 g/mol. The number of methoxy groups -OCH3 is 1. The molecule has 1 saturated heterocycles. The number of nitrogens with one attached hydrogen (secondary N) is 2. The van der Waals surface area contributed by atoms with Crippen molar-refractivity contribution < 1.29 is 14.2 Å². The predicted molar refractivity (Wildman–Crippen MR) is 142 cm³/mol. The van der Waals surface area contributed by atoms with Gasteiger partial charge in [-0.05, 0) is 42.0 Å². The van der Waals surface area contributed by atoms with Gasteiger partial charge in [-0.15, -0.1) is 0 Å². The Morgan fingerprint density at radius 3 is 2.97 bits per heavy atom. The van der Waals surface area contributed by atoms with Crippen LogP contribution in [0.15, 0.2) is 77.9 Å². The van der Waals surface area contributed by atoms with Crippen molar-refractivity contribution in [2.24, 2.45) is 0 Å². The summed E-state index contributed by atoms with van der Waals surface area (Å²) in [6, 6.07) is 19.7. The highest BCUT2D eigenvalue weighted by atomic mass is 16.5. The molecule has 0 saturated carbocycles. The van der Waals surface area contributed by atoms with Gasteiger partial charge in [0, 0.05) is 60.5 Å². The number of nitrogens with zero attached hydrogens (tertiary/aromatic N) is 2. The third-order valence-electron chi connectivity index (χ3n) is 6.85. The summed E-state index contributed by atoms with van der Waals surface area (Å²) < 4.78 is 18.1. The molecule has 8 nitrogen and oxygen atoms in total. The molecule has 8 heteroatoms. The molecule has 2 N–H and O–H groups in total. The van der Waals surface area contributed by atoms with Crippen LogP contribution in [0.1, 0.15) is 28.5 Å². The lowest BCUT2D eigenvalue weighted by molar-refractivity contribution is 0.0384. The van der Waals surface area contributed by atoms with E-state index >= 15 is 0 Å². The molecule has 0 bridgehead atoms. The summed E-state index contributed by atoms with van der Waals surface area (Å²) in [5.41, 5.74) is 5.93. The first kappa shape index (κ1) is 23.1. The minimum atomic E-state index is -0.154. The molecular weight excluding hydrogens is 468 g/mol. The molecule has 37 heavy (non-hydrogen) atoms. The third-order valence-corrected chi connectivity index (χ3v) is 6.85. The molecule has 2 aliphatic rings. The highest BCUT2D eigenvalue weighted by Gasteiger charge is 2.28. The van der Waals surface area contributed by atoms with Crippen LogP contribution in [0.5, 0.6) is 17.2 Å². The van der Waals surface area contributed by atoms with Crippen LogP contribution in [0.25, 0.3) is 0 Å². The monoisotopic (exact) mass is 496 g/mol. The van der Waals surface area contributed by atoms with E-state index in [0.717, 1.165) is 64.0 Å². The van der Waals surface area contributed by atoms with Crippen molar-refractivity contribution in [2.75, 3.05) is 37.0 Å². The summed E-state index contributed by atoms with van der Waals surface area (Å²) in [5, 5.41) is 3.45. The van der Waals surface area contributed by atoms with E-state index < -0.39 is 0 Å². The molecule has 2 aromatic carbocycles. The Hall–Kier alpha value is -4.30. The molecule has 4 heterocycles. The zero-order chi connectivity index (χ0) is 25.2.